The van der Waals surface area contributed by atoms with E-state index in [9.17, 15) is 4.79 Å². The highest BCUT2D eigenvalue weighted by atomic mass is 16.5. The second-order valence-electron chi connectivity index (χ2n) is 7.98. The van der Waals surface area contributed by atoms with Crippen LogP contribution in [0.15, 0.2) is 42.6 Å². The highest BCUT2D eigenvalue weighted by Gasteiger charge is 2.19. The molecule has 6 nitrogen and oxygen atoms in total. The summed E-state index contributed by atoms with van der Waals surface area (Å²) >= 11 is 0. The van der Waals surface area contributed by atoms with Gasteiger partial charge < -0.3 is 15.0 Å². The van der Waals surface area contributed by atoms with Gasteiger partial charge in [-0.25, -0.2) is 4.98 Å². The molecule has 1 amide bonds. The minimum absolute atomic E-state index is 0.0364. The van der Waals surface area contributed by atoms with Crippen LogP contribution in [0.25, 0.3) is 0 Å². The van der Waals surface area contributed by atoms with Gasteiger partial charge in [0.05, 0.1) is 6.10 Å². The van der Waals surface area contributed by atoms with Crippen molar-refractivity contribution in [3.05, 3.63) is 53.7 Å². The Bertz CT molecular complexity index is 797. The Kier molecular flexibility index (Phi) is 7.09. The first-order chi connectivity index (χ1) is 13.9. The second-order valence-corrected chi connectivity index (χ2v) is 7.98. The molecule has 1 fully saturated rings. The van der Waals surface area contributed by atoms with Gasteiger partial charge in [-0.1, -0.05) is 6.07 Å². The lowest BCUT2D eigenvalue weighted by atomic mass is 10.1. The third-order valence-electron chi connectivity index (χ3n) is 5.18. The number of carbonyl (C=O) groups excluding carboxylic acids is 1. The van der Waals surface area contributed by atoms with Crippen LogP contribution in [-0.2, 0) is 6.54 Å². The zero-order valence-electron chi connectivity index (χ0n) is 17.9. The van der Waals surface area contributed by atoms with Crippen molar-refractivity contribution in [3.63, 3.8) is 0 Å². The number of pyridine rings is 1. The lowest BCUT2D eigenvalue weighted by molar-refractivity contribution is 0.0950. The lowest BCUT2D eigenvalue weighted by Gasteiger charge is -2.38. The molecule has 1 aromatic carbocycles. The largest absolute Gasteiger partial charge is 0.475 e. The van der Waals surface area contributed by atoms with Crippen LogP contribution >= 0.6 is 0 Å². The lowest BCUT2D eigenvalue weighted by Crippen LogP contribution is -2.48. The summed E-state index contributed by atoms with van der Waals surface area (Å²) in [5, 5.41) is 2.97. The molecular formula is C23H32N4O2. The van der Waals surface area contributed by atoms with Crippen LogP contribution in [0.2, 0.25) is 0 Å². The van der Waals surface area contributed by atoms with Gasteiger partial charge in [-0.2, -0.15) is 0 Å². The van der Waals surface area contributed by atoms with Crippen molar-refractivity contribution < 1.29 is 9.53 Å². The molecule has 2 heterocycles. The molecule has 1 saturated heterocycles. The van der Waals surface area contributed by atoms with E-state index in [0.29, 0.717) is 24.0 Å². The normalized spacial score (nSPS) is 15.0. The number of carbonyl (C=O) groups is 1. The number of hydrogen-bond acceptors (Lipinski definition) is 5. The van der Waals surface area contributed by atoms with Gasteiger partial charge in [-0.05, 0) is 58.0 Å². The molecule has 6 heteroatoms. The van der Waals surface area contributed by atoms with E-state index in [0.717, 1.165) is 31.7 Å². The molecule has 0 unspecified atom stereocenters. The molecule has 3 rings (SSSR count). The zero-order valence-corrected chi connectivity index (χ0v) is 17.9. The average Bonchev–Trinajstić information content (AvgIpc) is 2.72. The van der Waals surface area contributed by atoms with Crippen LogP contribution < -0.4 is 15.0 Å². The molecule has 0 radical (unpaired) electrons. The molecule has 2 aromatic rings. The van der Waals surface area contributed by atoms with Gasteiger partial charge in [0.1, 0.15) is 0 Å². The zero-order chi connectivity index (χ0) is 20.8. The van der Waals surface area contributed by atoms with Crippen LogP contribution in [0.1, 0.15) is 43.6 Å². The smallest absolute Gasteiger partial charge is 0.251 e. The molecule has 1 aliphatic heterocycles. The third-order valence-corrected chi connectivity index (χ3v) is 5.18. The fourth-order valence-electron chi connectivity index (χ4n) is 3.49. The molecule has 0 spiro atoms. The van der Waals surface area contributed by atoms with E-state index >= 15 is 0 Å². The first-order valence-electron chi connectivity index (χ1n) is 10.4. The van der Waals surface area contributed by atoms with Crippen LogP contribution in [0, 0.1) is 0 Å². The number of hydrogen-bond donors (Lipinski definition) is 1. The Labute approximate surface area is 173 Å². The van der Waals surface area contributed by atoms with Gasteiger partial charge in [-0.3, -0.25) is 9.69 Å². The van der Waals surface area contributed by atoms with Crippen LogP contribution in [0.3, 0.4) is 0 Å². The minimum atomic E-state index is -0.0967. The maximum absolute atomic E-state index is 12.6. The van der Waals surface area contributed by atoms with Gasteiger partial charge in [0, 0.05) is 61.8 Å². The summed E-state index contributed by atoms with van der Waals surface area (Å²) in [6.07, 6.45) is 1.73. The Morgan fingerprint density at radius 2 is 1.76 bits per heavy atom. The van der Waals surface area contributed by atoms with Crippen molar-refractivity contribution in [3.8, 4) is 5.88 Å². The second kappa shape index (κ2) is 9.74. The van der Waals surface area contributed by atoms with E-state index in [1.165, 1.54) is 5.69 Å². The molecule has 1 aliphatic rings. The first kappa shape index (κ1) is 21.1. The summed E-state index contributed by atoms with van der Waals surface area (Å²) < 4.78 is 5.72. The number of nitrogens with zero attached hydrogens (tertiary/aromatic N) is 3. The topological polar surface area (TPSA) is 57.7 Å². The van der Waals surface area contributed by atoms with Crippen LogP contribution in [-0.4, -0.2) is 54.1 Å². The summed E-state index contributed by atoms with van der Waals surface area (Å²) in [5.74, 6) is 0.471. The van der Waals surface area contributed by atoms with Gasteiger partial charge in [0.2, 0.25) is 5.88 Å². The molecule has 0 bridgehead atoms. The number of piperazine rings is 1. The van der Waals surface area contributed by atoms with Crippen molar-refractivity contribution in [1.29, 1.82) is 0 Å². The fraction of sp³-hybridized carbons (Fsp3) is 0.478. The van der Waals surface area contributed by atoms with E-state index < -0.39 is 0 Å². The highest BCUT2D eigenvalue weighted by molar-refractivity contribution is 5.94. The Balaban J connectivity index is 1.56. The fourth-order valence-corrected chi connectivity index (χ4v) is 3.49. The Morgan fingerprint density at radius 1 is 1.07 bits per heavy atom. The van der Waals surface area contributed by atoms with E-state index in [1.54, 1.807) is 6.20 Å². The monoisotopic (exact) mass is 396 g/mol. The number of nitrogens with one attached hydrogen (secondary N) is 1. The number of aromatic nitrogens is 1. The quantitative estimate of drug-likeness (QED) is 0.778. The van der Waals surface area contributed by atoms with Crippen molar-refractivity contribution in [2.45, 2.75) is 46.4 Å². The molecule has 1 N–H and O–H groups in total. The molecular weight excluding hydrogens is 364 g/mol. The Morgan fingerprint density at radius 3 is 2.38 bits per heavy atom. The van der Waals surface area contributed by atoms with Crippen molar-refractivity contribution in [2.75, 3.05) is 31.1 Å². The minimum Gasteiger partial charge on any atom is -0.475 e. The summed E-state index contributed by atoms with van der Waals surface area (Å²) in [7, 11) is 0. The van der Waals surface area contributed by atoms with Crippen molar-refractivity contribution in [2.24, 2.45) is 0 Å². The van der Waals surface area contributed by atoms with Gasteiger partial charge in [0.15, 0.2) is 0 Å². The number of amides is 1. The highest BCUT2D eigenvalue weighted by Crippen LogP contribution is 2.19. The molecule has 156 valence electrons. The van der Waals surface area contributed by atoms with E-state index in [2.05, 4.69) is 33.9 Å². The van der Waals surface area contributed by atoms with E-state index in [-0.39, 0.29) is 12.0 Å². The SMILES string of the molecule is CC(C)Oc1ncccc1CNC(=O)c1ccc(N2CCN(C(C)C)CC2)cc1. The maximum Gasteiger partial charge on any atom is 0.251 e. The standard InChI is InChI=1S/C23H32N4O2/c1-17(2)26-12-14-27(15-13-26)21-9-7-19(8-10-21)22(28)25-16-20-6-5-11-24-23(20)29-18(3)4/h5-11,17-18H,12-16H2,1-4H3,(H,25,28). The first-order valence-corrected chi connectivity index (χ1v) is 10.4. The summed E-state index contributed by atoms with van der Waals surface area (Å²) in [6.45, 7) is 13.0. The predicted molar refractivity (Wildman–Crippen MR) is 117 cm³/mol. The molecule has 29 heavy (non-hydrogen) atoms. The maximum atomic E-state index is 12.6. The van der Waals surface area contributed by atoms with Gasteiger partial charge in [0.25, 0.3) is 5.91 Å². The molecule has 1 aromatic heterocycles. The summed E-state index contributed by atoms with van der Waals surface area (Å²) in [4.78, 5) is 21.7. The third kappa shape index (κ3) is 5.70. The van der Waals surface area contributed by atoms with E-state index in [1.807, 2.05) is 50.2 Å². The van der Waals surface area contributed by atoms with Gasteiger partial charge in [-0.15, -0.1) is 0 Å². The number of rotatable bonds is 7. The van der Waals surface area contributed by atoms with E-state index in [4.69, 9.17) is 4.74 Å². The molecule has 0 saturated carbocycles. The summed E-state index contributed by atoms with van der Waals surface area (Å²) in [6, 6.07) is 12.2. The van der Waals surface area contributed by atoms with Gasteiger partial charge >= 0.3 is 0 Å². The number of anilines is 1. The molecule has 0 aliphatic carbocycles. The molecule has 0 atom stereocenters. The van der Waals surface area contributed by atoms with Crippen molar-refractivity contribution in [1.82, 2.24) is 15.2 Å². The Hall–Kier alpha value is -2.60. The number of ether oxygens (including phenoxy) is 1. The number of benzene rings is 1. The predicted octanol–water partition coefficient (Wildman–Crippen LogP) is 3.33. The van der Waals surface area contributed by atoms with Crippen molar-refractivity contribution >= 4 is 11.6 Å². The van der Waals surface area contributed by atoms with Crippen LogP contribution in [0.5, 0.6) is 5.88 Å². The average molecular weight is 397 g/mol. The van der Waals surface area contributed by atoms with Crippen LogP contribution in [0.4, 0.5) is 5.69 Å². The summed E-state index contributed by atoms with van der Waals surface area (Å²) in [5.41, 5.74) is 2.70.